The van der Waals surface area contributed by atoms with Gasteiger partial charge in [-0.15, -0.1) is 0 Å². The molecule has 202 valence electrons. The van der Waals surface area contributed by atoms with Crippen LogP contribution in [0, 0.1) is 0 Å². The van der Waals surface area contributed by atoms with Crippen molar-refractivity contribution in [3.63, 3.8) is 0 Å². The molecule has 1 aliphatic heterocycles. The Morgan fingerprint density at radius 3 is 2.84 bits per heavy atom. The minimum atomic E-state index is -0.473. The first-order chi connectivity index (χ1) is 18.5. The lowest BCUT2D eigenvalue weighted by atomic mass is 10.00. The molecule has 38 heavy (non-hydrogen) atoms. The fourth-order valence-corrected chi connectivity index (χ4v) is 4.41. The van der Waals surface area contributed by atoms with Gasteiger partial charge in [-0.25, -0.2) is 15.0 Å². The standard InChI is InChI=1S/C29H39N7O2/c1-5-21-22(10-7-12-24(21)34-19(3)20(4)37)26(6-2)38-28-23(11-8-16-31-28)25-14-17-32-29(35-25)36-27-13-9-15-30-18-33-27/h6-8,10-12,14,16-17,19-20,27,30,33-34,37H,5,9,13,15,18H2,1-4H3,(H,32,35,36)/b26-6-/t19?,20-,27?/m1/s1. The Morgan fingerprint density at radius 2 is 2.05 bits per heavy atom. The molecule has 2 unspecified atom stereocenters. The number of hydrogen-bond donors (Lipinski definition) is 5. The maximum atomic E-state index is 10.00. The van der Waals surface area contributed by atoms with E-state index in [4.69, 9.17) is 9.72 Å². The number of aliphatic hydroxyl groups is 1. The zero-order valence-electron chi connectivity index (χ0n) is 22.7. The van der Waals surface area contributed by atoms with Crippen molar-refractivity contribution in [3.05, 3.63) is 66.0 Å². The summed E-state index contributed by atoms with van der Waals surface area (Å²) in [6, 6.07) is 11.7. The van der Waals surface area contributed by atoms with Crippen molar-refractivity contribution in [1.82, 2.24) is 25.6 Å². The van der Waals surface area contributed by atoms with Crippen molar-refractivity contribution >= 4 is 17.4 Å². The molecule has 3 aromatic rings. The fourth-order valence-electron chi connectivity index (χ4n) is 4.41. The smallest absolute Gasteiger partial charge is 0.228 e. The highest BCUT2D eigenvalue weighted by Crippen LogP contribution is 2.33. The van der Waals surface area contributed by atoms with Crippen LogP contribution in [0.15, 0.2) is 54.9 Å². The van der Waals surface area contributed by atoms with Gasteiger partial charge < -0.3 is 25.8 Å². The molecule has 9 nitrogen and oxygen atoms in total. The van der Waals surface area contributed by atoms with E-state index >= 15 is 0 Å². The van der Waals surface area contributed by atoms with Crippen molar-refractivity contribution in [1.29, 1.82) is 0 Å². The van der Waals surface area contributed by atoms with E-state index in [9.17, 15) is 5.11 Å². The number of anilines is 2. The molecule has 3 atom stereocenters. The Kier molecular flexibility index (Phi) is 9.64. The Bertz CT molecular complexity index is 1220. The molecule has 1 saturated heterocycles. The lowest BCUT2D eigenvalue weighted by Crippen LogP contribution is -2.39. The topological polar surface area (TPSA) is 116 Å². The van der Waals surface area contributed by atoms with Crippen LogP contribution in [0.3, 0.4) is 0 Å². The highest BCUT2D eigenvalue weighted by atomic mass is 16.5. The monoisotopic (exact) mass is 517 g/mol. The average Bonchev–Trinajstić information content (AvgIpc) is 3.20. The van der Waals surface area contributed by atoms with Gasteiger partial charge in [0.05, 0.1) is 23.5 Å². The Labute approximate surface area is 225 Å². The number of allylic oxidation sites excluding steroid dienone is 1. The molecular weight excluding hydrogens is 478 g/mol. The third-order valence-corrected chi connectivity index (χ3v) is 6.70. The Balaban J connectivity index is 1.60. The van der Waals surface area contributed by atoms with Gasteiger partial charge in [-0.2, -0.15) is 0 Å². The van der Waals surface area contributed by atoms with Crippen molar-refractivity contribution in [2.45, 2.75) is 65.3 Å². The van der Waals surface area contributed by atoms with Crippen LogP contribution in [-0.2, 0) is 6.42 Å². The minimum Gasteiger partial charge on any atom is -0.438 e. The average molecular weight is 518 g/mol. The van der Waals surface area contributed by atoms with Crippen molar-refractivity contribution in [3.8, 4) is 17.1 Å². The van der Waals surface area contributed by atoms with E-state index in [2.05, 4.69) is 44.2 Å². The zero-order chi connectivity index (χ0) is 26.9. The van der Waals surface area contributed by atoms with Crippen LogP contribution < -0.4 is 26.0 Å². The number of nitrogens with one attached hydrogen (secondary N) is 4. The summed E-state index contributed by atoms with van der Waals surface area (Å²) in [7, 11) is 0. The number of benzene rings is 1. The molecule has 0 bridgehead atoms. The molecule has 1 aliphatic rings. The zero-order valence-corrected chi connectivity index (χ0v) is 22.7. The van der Waals surface area contributed by atoms with E-state index in [-0.39, 0.29) is 12.2 Å². The van der Waals surface area contributed by atoms with Gasteiger partial charge in [0.1, 0.15) is 5.76 Å². The maximum absolute atomic E-state index is 10.00. The van der Waals surface area contributed by atoms with Crippen LogP contribution in [0.5, 0.6) is 5.88 Å². The van der Waals surface area contributed by atoms with Crippen molar-refractivity contribution in [2.75, 3.05) is 23.8 Å². The second-order valence-electron chi connectivity index (χ2n) is 9.46. The molecule has 3 heterocycles. The van der Waals surface area contributed by atoms with Gasteiger partial charge in [-0.05, 0) is 82.5 Å². The number of nitrogens with zero attached hydrogens (tertiary/aromatic N) is 3. The first-order valence-electron chi connectivity index (χ1n) is 13.4. The third kappa shape index (κ3) is 6.86. The predicted molar refractivity (Wildman–Crippen MR) is 153 cm³/mol. The quantitative estimate of drug-likeness (QED) is 0.250. The summed E-state index contributed by atoms with van der Waals surface area (Å²) in [6.07, 6.45) is 7.91. The van der Waals surface area contributed by atoms with Gasteiger partial charge in [-0.1, -0.05) is 19.1 Å². The van der Waals surface area contributed by atoms with Gasteiger partial charge in [-0.3, -0.25) is 5.32 Å². The molecule has 4 rings (SSSR count). The lowest BCUT2D eigenvalue weighted by Gasteiger charge is -2.22. The summed E-state index contributed by atoms with van der Waals surface area (Å²) in [6.45, 7) is 9.57. The molecule has 1 aromatic carbocycles. The predicted octanol–water partition coefficient (Wildman–Crippen LogP) is 4.39. The van der Waals surface area contributed by atoms with Crippen molar-refractivity contribution < 1.29 is 9.84 Å². The third-order valence-electron chi connectivity index (χ3n) is 6.70. The molecular formula is C29H39N7O2. The largest absolute Gasteiger partial charge is 0.438 e. The highest BCUT2D eigenvalue weighted by molar-refractivity contribution is 5.73. The molecule has 2 aromatic heterocycles. The van der Waals surface area contributed by atoms with E-state index in [0.29, 0.717) is 17.6 Å². The number of aromatic nitrogens is 3. The first-order valence-corrected chi connectivity index (χ1v) is 13.4. The number of hydrogen-bond acceptors (Lipinski definition) is 9. The molecule has 0 amide bonds. The van der Waals surface area contributed by atoms with Gasteiger partial charge in [0.25, 0.3) is 0 Å². The summed E-state index contributed by atoms with van der Waals surface area (Å²) in [4.78, 5) is 13.8. The van der Waals surface area contributed by atoms with Crippen LogP contribution in [0.4, 0.5) is 11.6 Å². The summed E-state index contributed by atoms with van der Waals surface area (Å²) in [5.74, 6) is 1.74. The number of rotatable bonds is 10. The Hall–Kier alpha value is -3.53. The molecule has 0 saturated carbocycles. The summed E-state index contributed by atoms with van der Waals surface area (Å²) >= 11 is 0. The molecule has 9 heteroatoms. The van der Waals surface area contributed by atoms with Crippen molar-refractivity contribution in [2.24, 2.45) is 0 Å². The van der Waals surface area contributed by atoms with Crippen LogP contribution >= 0.6 is 0 Å². The second kappa shape index (κ2) is 13.3. The maximum Gasteiger partial charge on any atom is 0.228 e. The second-order valence-corrected chi connectivity index (χ2v) is 9.46. The molecule has 0 spiro atoms. The summed E-state index contributed by atoms with van der Waals surface area (Å²) < 4.78 is 6.46. The van der Waals surface area contributed by atoms with E-state index in [0.717, 1.165) is 60.5 Å². The molecule has 0 radical (unpaired) electrons. The summed E-state index contributed by atoms with van der Waals surface area (Å²) in [5.41, 5.74) is 4.58. The molecule has 1 fully saturated rings. The van der Waals surface area contributed by atoms with Crippen LogP contribution in [0.1, 0.15) is 51.7 Å². The Morgan fingerprint density at radius 1 is 1.18 bits per heavy atom. The minimum absolute atomic E-state index is 0.0852. The highest BCUT2D eigenvalue weighted by Gasteiger charge is 2.18. The number of aliphatic hydroxyl groups excluding tert-OH is 1. The normalized spacial score (nSPS) is 17.8. The number of ether oxygens (including phenoxy) is 1. The van der Waals surface area contributed by atoms with Gasteiger partial charge in [0.2, 0.25) is 11.8 Å². The van der Waals surface area contributed by atoms with E-state index in [1.165, 1.54) is 0 Å². The first kappa shape index (κ1) is 27.5. The fraction of sp³-hybridized carbons (Fsp3) is 0.414. The lowest BCUT2D eigenvalue weighted by molar-refractivity contribution is 0.178. The van der Waals surface area contributed by atoms with Gasteiger partial charge in [0, 0.05) is 36.4 Å². The van der Waals surface area contributed by atoms with E-state index < -0.39 is 6.10 Å². The van der Waals surface area contributed by atoms with Crippen LogP contribution in [0.2, 0.25) is 0 Å². The molecule has 0 aliphatic carbocycles. The van der Waals surface area contributed by atoms with E-state index in [1.54, 1.807) is 19.3 Å². The van der Waals surface area contributed by atoms with Crippen LogP contribution in [-0.4, -0.2) is 51.6 Å². The SMILES string of the molecule is C/C=C(\Oc1ncccc1-c1ccnc(NC2CCCNCN2)n1)c1cccc(NC(C)[C@@H](C)O)c1CC. The van der Waals surface area contributed by atoms with Crippen LogP contribution in [0.25, 0.3) is 17.0 Å². The van der Waals surface area contributed by atoms with Gasteiger partial charge in [0.15, 0.2) is 0 Å². The summed E-state index contributed by atoms with van der Waals surface area (Å²) in [5, 5.41) is 23.6. The van der Waals surface area contributed by atoms with Gasteiger partial charge >= 0.3 is 0 Å². The molecule has 5 N–H and O–H groups in total. The van der Waals surface area contributed by atoms with E-state index in [1.807, 2.05) is 50.3 Å². The number of pyridine rings is 1.